The third-order valence-corrected chi connectivity index (χ3v) is 5.93. The van der Waals surface area contributed by atoms with Crippen molar-refractivity contribution in [3.63, 3.8) is 0 Å². The van der Waals surface area contributed by atoms with Crippen LogP contribution >= 0.6 is 12.4 Å². The fraction of sp³-hybridized carbons (Fsp3) is 0.947. The molecule has 0 radical (unpaired) electrons. The summed E-state index contributed by atoms with van der Waals surface area (Å²) in [5.74, 6) is 0.796. The molecule has 0 amide bonds. The van der Waals surface area contributed by atoms with Gasteiger partial charge in [0, 0.05) is 18.1 Å². The molecule has 136 valence electrons. The number of nitrogens with zero attached hydrogens (tertiary/aromatic N) is 1. The first-order valence-corrected chi connectivity index (χ1v) is 9.39. The molecule has 4 heteroatoms. The molecule has 1 aliphatic heterocycles. The summed E-state index contributed by atoms with van der Waals surface area (Å²) in [5, 5.41) is 0. The molecule has 0 N–H and O–H groups in total. The number of rotatable bonds is 7. The Hall–Kier alpha value is -0.280. The smallest absolute Gasteiger partial charge is 0.309 e. The van der Waals surface area contributed by atoms with Crippen LogP contribution in [0, 0.1) is 11.8 Å². The van der Waals surface area contributed by atoms with E-state index in [1.165, 1.54) is 38.5 Å². The zero-order chi connectivity index (χ0) is 16.2. The van der Waals surface area contributed by atoms with Crippen LogP contribution in [0.2, 0.25) is 0 Å². The number of hydrogen-bond donors (Lipinski definition) is 0. The van der Waals surface area contributed by atoms with Crippen LogP contribution in [0.5, 0.6) is 0 Å². The predicted molar refractivity (Wildman–Crippen MR) is 98.0 cm³/mol. The maximum atomic E-state index is 12.5. The highest BCUT2D eigenvalue weighted by Gasteiger charge is 2.37. The van der Waals surface area contributed by atoms with Gasteiger partial charge in [0.15, 0.2) is 0 Å². The van der Waals surface area contributed by atoms with Crippen LogP contribution in [0.4, 0.5) is 0 Å². The molecule has 1 saturated carbocycles. The average Bonchev–Trinajstić information content (AvgIpc) is 3.07. The van der Waals surface area contributed by atoms with Gasteiger partial charge in [0.1, 0.15) is 6.61 Å². The fourth-order valence-electron chi connectivity index (χ4n) is 4.55. The van der Waals surface area contributed by atoms with Gasteiger partial charge >= 0.3 is 5.97 Å². The minimum Gasteiger partial charge on any atom is -0.464 e. The van der Waals surface area contributed by atoms with Crippen molar-refractivity contribution in [3.05, 3.63) is 0 Å². The molecule has 0 aromatic heterocycles. The molecule has 2 atom stereocenters. The number of halogens is 1. The second-order valence-corrected chi connectivity index (χ2v) is 8.00. The van der Waals surface area contributed by atoms with Gasteiger partial charge in [0.2, 0.25) is 0 Å². The number of ether oxygens (including phenoxy) is 1. The lowest BCUT2D eigenvalue weighted by Crippen LogP contribution is -2.44. The summed E-state index contributed by atoms with van der Waals surface area (Å²) in [6, 6.07) is 0.606. The monoisotopic (exact) mass is 345 g/mol. The van der Waals surface area contributed by atoms with Crippen LogP contribution in [-0.4, -0.2) is 35.6 Å². The standard InChI is InChI=1S/C19H35NO2.ClH/c1-5-8-17(16-9-6-7-10-16)18(21)22-14-13-20-15(2)11-12-19(20,3)4;/h15-17H,5-14H2,1-4H3;1H. The van der Waals surface area contributed by atoms with Crippen molar-refractivity contribution in [1.82, 2.24) is 4.90 Å². The summed E-state index contributed by atoms with van der Waals surface area (Å²) >= 11 is 0. The largest absolute Gasteiger partial charge is 0.464 e. The Labute approximate surface area is 148 Å². The van der Waals surface area contributed by atoms with Crippen molar-refractivity contribution in [3.8, 4) is 0 Å². The van der Waals surface area contributed by atoms with E-state index in [9.17, 15) is 4.79 Å². The van der Waals surface area contributed by atoms with Gasteiger partial charge in [0.25, 0.3) is 0 Å². The number of carbonyl (C=O) groups is 1. The normalized spacial score (nSPS) is 26.0. The zero-order valence-electron chi connectivity index (χ0n) is 15.5. The van der Waals surface area contributed by atoms with Crippen molar-refractivity contribution < 1.29 is 9.53 Å². The van der Waals surface area contributed by atoms with E-state index in [0.717, 1.165) is 19.4 Å². The Balaban J connectivity index is 0.00000264. The van der Waals surface area contributed by atoms with E-state index < -0.39 is 0 Å². The Morgan fingerprint density at radius 1 is 1.26 bits per heavy atom. The first kappa shape index (κ1) is 20.8. The molecular formula is C19H36ClNO2. The van der Waals surface area contributed by atoms with Crippen LogP contribution in [-0.2, 0) is 9.53 Å². The van der Waals surface area contributed by atoms with E-state index in [2.05, 4.69) is 32.6 Å². The lowest BCUT2D eigenvalue weighted by molar-refractivity contribution is -0.151. The molecular weight excluding hydrogens is 310 g/mol. The number of esters is 1. The molecule has 0 aromatic rings. The average molecular weight is 346 g/mol. The van der Waals surface area contributed by atoms with Crippen LogP contribution in [0.25, 0.3) is 0 Å². The molecule has 1 heterocycles. The third-order valence-electron chi connectivity index (χ3n) is 5.93. The summed E-state index contributed by atoms with van der Waals surface area (Å²) < 4.78 is 5.69. The van der Waals surface area contributed by atoms with Gasteiger partial charge in [0.05, 0.1) is 5.92 Å². The van der Waals surface area contributed by atoms with Gasteiger partial charge in [-0.1, -0.05) is 26.2 Å². The molecule has 2 fully saturated rings. The van der Waals surface area contributed by atoms with E-state index >= 15 is 0 Å². The Kier molecular flexibility index (Phi) is 8.37. The lowest BCUT2D eigenvalue weighted by atomic mass is 9.87. The Morgan fingerprint density at radius 3 is 2.43 bits per heavy atom. The van der Waals surface area contributed by atoms with Crippen molar-refractivity contribution in [2.75, 3.05) is 13.2 Å². The van der Waals surface area contributed by atoms with E-state index in [1.807, 2.05) is 0 Å². The van der Waals surface area contributed by atoms with Crippen molar-refractivity contribution in [1.29, 1.82) is 0 Å². The van der Waals surface area contributed by atoms with Gasteiger partial charge < -0.3 is 4.74 Å². The van der Waals surface area contributed by atoms with E-state index in [4.69, 9.17) is 4.74 Å². The molecule has 0 aromatic carbocycles. The van der Waals surface area contributed by atoms with Crippen LogP contribution in [0.3, 0.4) is 0 Å². The lowest BCUT2D eigenvalue weighted by Gasteiger charge is -2.34. The van der Waals surface area contributed by atoms with Crippen LogP contribution < -0.4 is 0 Å². The van der Waals surface area contributed by atoms with Gasteiger partial charge in [-0.2, -0.15) is 0 Å². The molecule has 2 rings (SSSR count). The first-order chi connectivity index (χ1) is 10.5. The first-order valence-electron chi connectivity index (χ1n) is 9.39. The number of hydrogen-bond acceptors (Lipinski definition) is 3. The SMILES string of the molecule is CCCC(C(=O)OCCN1C(C)CCC1(C)C)C1CCCC1.Cl. The maximum Gasteiger partial charge on any atom is 0.309 e. The summed E-state index contributed by atoms with van der Waals surface area (Å²) in [5.41, 5.74) is 0.250. The summed E-state index contributed by atoms with van der Waals surface area (Å²) in [6.07, 6.45) is 9.58. The summed E-state index contributed by atoms with van der Waals surface area (Å²) in [7, 11) is 0. The molecule has 23 heavy (non-hydrogen) atoms. The second kappa shape index (κ2) is 9.27. The van der Waals surface area contributed by atoms with E-state index in [-0.39, 0.29) is 29.8 Å². The van der Waals surface area contributed by atoms with Gasteiger partial charge in [-0.15, -0.1) is 12.4 Å². The van der Waals surface area contributed by atoms with Gasteiger partial charge in [-0.3, -0.25) is 9.69 Å². The molecule has 0 spiro atoms. The minimum absolute atomic E-state index is 0. The number of likely N-dealkylation sites (tertiary alicyclic amines) is 1. The number of carbonyl (C=O) groups excluding carboxylic acids is 1. The van der Waals surface area contributed by atoms with E-state index in [0.29, 0.717) is 18.6 Å². The van der Waals surface area contributed by atoms with Crippen molar-refractivity contribution in [2.45, 2.75) is 90.6 Å². The van der Waals surface area contributed by atoms with E-state index in [1.54, 1.807) is 0 Å². The minimum atomic E-state index is 0. The highest BCUT2D eigenvalue weighted by molar-refractivity contribution is 5.85. The molecule has 3 nitrogen and oxygen atoms in total. The molecule has 1 saturated heterocycles. The van der Waals surface area contributed by atoms with Crippen molar-refractivity contribution >= 4 is 18.4 Å². The fourth-order valence-corrected chi connectivity index (χ4v) is 4.55. The topological polar surface area (TPSA) is 29.5 Å². The van der Waals surface area contributed by atoms with Gasteiger partial charge in [-0.25, -0.2) is 0 Å². The van der Waals surface area contributed by atoms with Crippen molar-refractivity contribution in [2.24, 2.45) is 11.8 Å². The molecule has 0 bridgehead atoms. The summed E-state index contributed by atoms with van der Waals surface area (Å²) in [6.45, 7) is 10.5. The maximum absolute atomic E-state index is 12.5. The Bertz CT molecular complexity index is 366. The van der Waals surface area contributed by atoms with Gasteiger partial charge in [-0.05, 0) is 58.8 Å². The highest BCUT2D eigenvalue weighted by atomic mass is 35.5. The zero-order valence-corrected chi connectivity index (χ0v) is 16.3. The Morgan fingerprint density at radius 2 is 1.91 bits per heavy atom. The second-order valence-electron chi connectivity index (χ2n) is 8.00. The third kappa shape index (κ3) is 5.35. The molecule has 1 aliphatic carbocycles. The quantitative estimate of drug-likeness (QED) is 0.619. The van der Waals surface area contributed by atoms with Crippen LogP contribution in [0.1, 0.15) is 79.1 Å². The molecule has 2 unspecified atom stereocenters. The molecule has 2 aliphatic rings. The highest BCUT2D eigenvalue weighted by Crippen LogP contribution is 2.35. The predicted octanol–water partition coefficient (Wildman–Crippen LogP) is 4.82. The van der Waals surface area contributed by atoms with Crippen LogP contribution in [0.15, 0.2) is 0 Å². The summed E-state index contributed by atoms with van der Waals surface area (Å²) in [4.78, 5) is 15.0.